The van der Waals surface area contributed by atoms with Crippen LogP contribution in [0.15, 0.2) is 0 Å². The quantitative estimate of drug-likeness (QED) is 0.347. The highest BCUT2D eigenvalue weighted by molar-refractivity contribution is 8.31. The second-order valence-electron chi connectivity index (χ2n) is 15.1. The topological polar surface area (TPSA) is 0 Å². The van der Waals surface area contributed by atoms with Gasteiger partial charge in [-0.3, -0.25) is 0 Å². The average molecular weight is 523 g/mol. The first-order valence-corrected chi connectivity index (χ1v) is 47.2. The Labute approximate surface area is 180 Å². The summed E-state index contributed by atoms with van der Waals surface area (Å²) in [7, 11) is -8.41. The monoisotopic (exact) mass is 522 g/mol. The van der Waals surface area contributed by atoms with E-state index >= 15 is 0 Å². The van der Waals surface area contributed by atoms with Crippen LogP contribution in [0.25, 0.3) is 0 Å². The lowest BCUT2D eigenvalue weighted by molar-refractivity contribution is 1.71. The minimum Gasteiger partial charge on any atom is -0.0750 e. The standard InChI is InChI=1S/C18H54Si9/c1-19(2,3)26(18)22(10,11)24(14,15)27(20(4,5)6,21(7,8)9)25(16,17)23(26,12)13/h1-18H3. The summed E-state index contributed by atoms with van der Waals surface area (Å²) in [5.74, 6) is 0. The summed E-state index contributed by atoms with van der Waals surface area (Å²) in [6, 6.07) is 0. The lowest BCUT2D eigenvalue weighted by Gasteiger charge is -2.81. The van der Waals surface area contributed by atoms with Gasteiger partial charge in [-0.05, 0) is 0 Å². The normalized spacial score (nSPS) is 28.7. The van der Waals surface area contributed by atoms with E-state index in [2.05, 4.69) is 118 Å². The molecule has 1 saturated heterocycles. The van der Waals surface area contributed by atoms with E-state index < -0.39 is 64.0 Å². The van der Waals surface area contributed by atoms with Crippen LogP contribution in [0.1, 0.15) is 0 Å². The van der Waals surface area contributed by atoms with Crippen LogP contribution in [0.4, 0.5) is 0 Å². The lowest BCUT2D eigenvalue weighted by Crippen LogP contribution is -3.12. The third-order valence-electron chi connectivity index (χ3n) is 11.2. The van der Waals surface area contributed by atoms with E-state index in [0.717, 1.165) is 0 Å². The Balaban J connectivity index is 4.37. The largest absolute Gasteiger partial charge is 0.0750 e. The summed E-state index contributed by atoms with van der Waals surface area (Å²) in [6.07, 6.45) is -1.24. The molecular weight excluding hydrogens is 469 g/mol. The maximum Gasteiger partial charge on any atom is 0.0329 e. The van der Waals surface area contributed by atoms with Crippen molar-refractivity contribution in [2.24, 2.45) is 0 Å². The van der Waals surface area contributed by atoms with Crippen LogP contribution in [-0.2, 0) is 0 Å². The zero-order valence-corrected chi connectivity index (χ0v) is 31.5. The molecule has 0 aromatic rings. The van der Waals surface area contributed by atoms with Gasteiger partial charge in [0, 0.05) is 64.0 Å². The molecule has 0 unspecified atom stereocenters. The molecule has 0 N–H and O–H groups in total. The van der Waals surface area contributed by atoms with Crippen LogP contribution in [0.2, 0.25) is 118 Å². The minimum atomic E-state index is -1.24. The van der Waals surface area contributed by atoms with E-state index in [1.807, 2.05) is 0 Å². The number of hydrogen-bond acceptors (Lipinski definition) is 0. The van der Waals surface area contributed by atoms with Gasteiger partial charge in [0.25, 0.3) is 0 Å². The van der Waals surface area contributed by atoms with Crippen molar-refractivity contribution >= 4 is 64.0 Å². The molecule has 1 aliphatic heterocycles. The fourth-order valence-electron chi connectivity index (χ4n) is 10.5. The SMILES string of the molecule is C[Si](C)(C)[Si]1(C)[Si](C)(C)[Si](C)(C)[Si]([Si](C)(C)C)([Si](C)(C)C)[Si](C)(C)[Si]1(C)C. The van der Waals surface area contributed by atoms with E-state index in [4.69, 9.17) is 0 Å². The molecule has 0 aromatic carbocycles. The van der Waals surface area contributed by atoms with E-state index in [1.54, 1.807) is 0 Å². The zero-order valence-electron chi connectivity index (χ0n) is 22.5. The maximum absolute atomic E-state index is 3.05. The molecule has 0 aromatic heterocycles. The van der Waals surface area contributed by atoms with Crippen molar-refractivity contribution in [1.29, 1.82) is 0 Å². The summed E-state index contributed by atoms with van der Waals surface area (Å²) in [5.41, 5.74) is 0. The molecule has 0 aliphatic carbocycles. The molecule has 0 atom stereocenters. The average Bonchev–Trinajstić information content (AvgIpc) is 2.29. The van der Waals surface area contributed by atoms with Gasteiger partial charge >= 0.3 is 0 Å². The third kappa shape index (κ3) is 2.74. The molecule has 0 spiro atoms. The molecule has 1 heterocycles. The smallest absolute Gasteiger partial charge is 0.0329 e. The predicted molar refractivity (Wildman–Crippen MR) is 157 cm³/mol. The molecule has 0 nitrogen and oxygen atoms in total. The van der Waals surface area contributed by atoms with Crippen LogP contribution in [0.3, 0.4) is 0 Å². The van der Waals surface area contributed by atoms with E-state index in [1.165, 1.54) is 0 Å². The summed E-state index contributed by atoms with van der Waals surface area (Å²) in [5, 5.41) is 0. The van der Waals surface area contributed by atoms with Crippen molar-refractivity contribution in [1.82, 2.24) is 0 Å². The first-order chi connectivity index (χ1) is 11.2. The van der Waals surface area contributed by atoms with Gasteiger partial charge in [-0.25, -0.2) is 0 Å². The van der Waals surface area contributed by atoms with Crippen molar-refractivity contribution < 1.29 is 0 Å². The molecule has 1 fully saturated rings. The Morgan fingerprint density at radius 1 is 0.333 bits per heavy atom. The van der Waals surface area contributed by atoms with Crippen LogP contribution < -0.4 is 0 Å². The molecule has 1 rings (SSSR count). The van der Waals surface area contributed by atoms with Crippen LogP contribution in [-0.4, -0.2) is 64.0 Å². The molecule has 0 amide bonds. The molecule has 0 bridgehead atoms. The summed E-state index contributed by atoms with van der Waals surface area (Å²) < 4.78 is 0. The van der Waals surface area contributed by atoms with Gasteiger partial charge in [0.15, 0.2) is 0 Å². The Kier molecular flexibility index (Phi) is 6.48. The highest BCUT2D eigenvalue weighted by Crippen LogP contribution is 2.58. The fraction of sp³-hybridized carbons (Fsp3) is 1.00. The van der Waals surface area contributed by atoms with E-state index in [0.29, 0.717) is 0 Å². The lowest BCUT2D eigenvalue weighted by atomic mass is 11.8. The van der Waals surface area contributed by atoms with Gasteiger partial charge in [-0.1, -0.05) is 118 Å². The minimum absolute atomic E-state index is 1.12. The summed E-state index contributed by atoms with van der Waals surface area (Å²) in [6.45, 7) is 51.9. The summed E-state index contributed by atoms with van der Waals surface area (Å²) >= 11 is 0. The number of hydrogen-bond donors (Lipinski definition) is 0. The van der Waals surface area contributed by atoms with E-state index in [-0.39, 0.29) is 0 Å². The molecule has 162 valence electrons. The van der Waals surface area contributed by atoms with Crippen molar-refractivity contribution in [3.8, 4) is 0 Å². The molecule has 0 radical (unpaired) electrons. The van der Waals surface area contributed by atoms with Crippen LogP contribution in [0.5, 0.6) is 0 Å². The Morgan fingerprint density at radius 3 is 0.704 bits per heavy atom. The first kappa shape index (κ1) is 27.0. The van der Waals surface area contributed by atoms with Gasteiger partial charge in [0.2, 0.25) is 0 Å². The number of rotatable bonds is 3. The second kappa shape index (κ2) is 6.49. The van der Waals surface area contributed by atoms with Crippen molar-refractivity contribution in [3.63, 3.8) is 0 Å². The second-order valence-corrected chi connectivity index (χ2v) is 126. The zero-order chi connectivity index (χ0) is 22.5. The van der Waals surface area contributed by atoms with Crippen LogP contribution >= 0.6 is 0 Å². The van der Waals surface area contributed by atoms with Gasteiger partial charge in [-0.2, -0.15) is 0 Å². The fourth-order valence-corrected chi connectivity index (χ4v) is 526. The van der Waals surface area contributed by atoms with Gasteiger partial charge in [0.05, 0.1) is 0 Å². The highest BCUT2D eigenvalue weighted by Gasteiger charge is 2.85. The molecular formula is C18H54Si9. The third-order valence-corrected chi connectivity index (χ3v) is 277. The first-order valence-electron chi connectivity index (χ1n) is 11.2. The van der Waals surface area contributed by atoms with E-state index in [9.17, 15) is 0 Å². The van der Waals surface area contributed by atoms with Gasteiger partial charge < -0.3 is 0 Å². The predicted octanol–water partition coefficient (Wildman–Crippen LogP) is 7.08. The van der Waals surface area contributed by atoms with Gasteiger partial charge in [-0.15, -0.1) is 0 Å². The van der Waals surface area contributed by atoms with Crippen molar-refractivity contribution in [3.05, 3.63) is 0 Å². The van der Waals surface area contributed by atoms with Crippen LogP contribution in [0, 0.1) is 0 Å². The maximum atomic E-state index is 3.05. The Morgan fingerprint density at radius 2 is 0.556 bits per heavy atom. The molecule has 1 aliphatic rings. The van der Waals surface area contributed by atoms with Crippen molar-refractivity contribution in [2.75, 3.05) is 0 Å². The molecule has 9 heteroatoms. The molecule has 27 heavy (non-hydrogen) atoms. The Bertz CT molecular complexity index is 554. The molecule has 0 saturated carbocycles. The van der Waals surface area contributed by atoms with Gasteiger partial charge in [0.1, 0.15) is 0 Å². The highest BCUT2D eigenvalue weighted by atomic mass is 30.4. The Hall–Kier alpha value is 1.95. The van der Waals surface area contributed by atoms with Crippen molar-refractivity contribution in [2.45, 2.75) is 118 Å². The summed E-state index contributed by atoms with van der Waals surface area (Å²) in [4.78, 5) is 0.